The Kier molecular flexibility index (Phi) is 6.34. The number of hydrogen-bond donors (Lipinski definition) is 4. The number of ether oxygens (including phenoxy) is 1. The van der Waals surface area contributed by atoms with E-state index >= 15 is 0 Å². The van der Waals surface area contributed by atoms with E-state index in [9.17, 15) is 27.9 Å². The first-order valence-electron chi connectivity index (χ1n) is 6.39. The first kappa shape index (κ1) is 18.7. The van der Waals surface area contributed by atoms with Crippen LogP contribution in [-0.4, -0.2) is 40.6 Å². The number of halogens is 3. The van der Waals surface area contributed by atoms with E-state index in [0.29, 0.717) is 0 Å². The summed E-state index contributed by atoms with van der Waals surface area (Å²) in [5, 5.41) is 20.0. The van der Waals surface area contributed by atoms with Gasteiger partial charge in [-0.2, -0.15) is 0 Å². The highest BCUT2D eigenvalue weighted by molar-refractivity contribution is 5.88. The fourth-order valence-corrected chi connectivity index (χ4v) is 1.75. The van der Waals surface area contributed by atoms with E-state index in [2.05, 4.69) is 10.1 Å². The molecule has 23 heavy (non-hydrogen) atoms. The molecule has 0 saturated carbocycles. The van der Waals surface area contributed by atoms with Gasteiger partial charge in [0.15, 0.2) is 0 Å². The highest BCUT2D eigenvalue weighted by Crippen LogP contribution is 2.26. The molecule has 0 radical (unpaired) electrons. The van der Waals surface area contributed by atoms with Crippen LogP contribution in [0.3, 0.4) is 0 Å². The maximum Gasteiger partial charge on any atom is 0.573 e. The molecule has 0 spiro atoms. The van der Waals surface area contributed by atoms with E-state index in [1.807, 2.05) is 0 Å². The zero-order valence-corrected chi connectivity index (χ0v) is 11.9. The van der Waals surface area contributed by atoms with Gasteiger partial charge in [-0.3, -0.25) is 14.8 Å². The van der Waals surface area contributed by atoms with Crippen molar-refractivity contribution >= 4 is 11.8 Å². The fourth-order valence-electron chi connectivity index (χ4n) is 1.75. The second kappa shape index (κ2) is 7.79. The van der Waals surface area contributed by atoms with Gasteiger partial charge in [-0.25, -0.2) is 5.48 Å². The lowest BCUT2D eigenvalue weighted by Gasteiger charge is -2.19. The molecule has 0 aliphatic heterocycles. The molecule has 4 N–H and O–H groups in total. The Morgan fingerprint density at radius 3 is 2.43 bits per heavy atom. The average Bonchev–Trinajstić information content (AvgIpc) is 2.44. The number of aliphatic hydroxyl groups excluding tert-OH is 1. The molecule has 7 nitrogen and oxygen atoms in total. The molecule has 1 aromatic carbocycles. The lowest BCUT2D eigenvalue weighted by molar-refractivity contribution is -0.274. The Labute approximate surface area is 129 Å². The summed E-state index contributed by atoms with van der Waals surface area (Å²) in [6.45, 7) is 1.20. The van der Waals surface area contributed by atoms with Gasteiger partial charge in [-0.15, -0.1) is 13.2 Å². The van der Waals surface area contributed by atoms with E-state index in [0.717, 1.165) is 6.07 Å². The lowest BCUT2D eigenvalue weighted by atomic mass is 10.1. The standard InChI is InChI=1S/C13H15F3N2O5/c1-7(19)11(12(21)18-22)17-10(20)6-8-4-2-3-5-9(8)23-13(14,15)16/h2-5,7,11,19,22H,6H2,1H3,(H,17,20)(H,18,21)/t7-,11+/m1/s1. The van der Waals surface area contributed by atoms with Crippen molar-refractivity contribution in [3.05, 3.63) is 29.8 Å². The summed E-state index contributed by atoms with van der Waals surface area (Å²) in [7, 11) is 0. The maximum atomic E-state index is 12.3. The number of carbonyl (C=O) groups is 2. The summed E-state index contributed by atoms with van der Waals surface area (Å²) in [4.78, 5) is 23.1. The molecule has 0 heterocycles. The van der Waals surface area contributed by atoms with E-state index in [1.165, 1.54) is 30.6 Å². The van der Waals surface area contributed by atoms with Gasteiger partial charge in [0.25, 0.3) is 5.91 Å². The molecule has 0 aliphatic rings. The first-order chi connectivity index (χ1) is 10.6. The number of amides is 2. The number of nitrogens with one attached hydrogen (secondary N) is 2. The number of benzene rings is 1. The highest BCUT2D eigenvalue weighted by Gasteiger charge is 2.32. The van der Waals surface area contributed by atoms with Crippen molar-refractivity contribution in [2.24, 2.45) is 0 Å². The van der Waals surface area contributed by atoms with Crippen LogP contribution in [0.2, 0.25) is 0 Å². The van der Waals surface area contributed by atoms with Crippen molar-refractivity contribution in [1.82, 2.24) is 10.8 Å². The molecule has 0 fully saturated rings. The van der Waals surface area contributed by atoms with Gasteiger partial charge in [-0.05, 0) is 13.0 Å². The second-order valence-electron chi connectivity index (χ2n) is 4.59. The van der Waals surface area contributed by atoms with Gasteiger partial charge in [0.1, 0.15) is 11.8 Å². The molecule has 0 bridgehead atoms. The molecule has 2 atom stereocenters. The quantitative estimate of drug-likeness (QED) is 0.447. The van der Waals surface area contributed by atoms with Crippen LogP contribution in [0.5, 0.6) is 5.75 Å². The van der Waals surface area contributed by atoms with Crippen LogP contribution in [0.25, 0.3) is 0 Å². The molecule has 0 saturated heterocycles. The monoisotopic (exact) mass is 336 g/mol. The minimum Gasteiger partial charge on any atom is -0.405 e. The SMILES string of the molecule is C[C@@H](O)[C@H](NC(=O)Cc1ccccc1OC(F)(F)F)C(=O)NO. The molecular weight excluding hydrogens is 321 g/mol. The van der Waals surface area contributed by atoms with Crippen LogP contribution in [0.1, 0.15) is 12.5 Å². The largest absolute Gasteiger partial charge is 0.573 e. The van der Waals surface area contributed by atoms with E-state index in [-0.39, 0.29) is 5.56 Å². The minimum atomic E-state index is -4.91. The van der Waals surface area contributed by atoms with Crippen molar-refractivity contribution < 1.29 is 37.8 Å². The number of carbonyl (C=O) groups excluding carboxylic acids is 2. The predicted molar refractivity (Wildman–Crippen MR) is 70.4 cm³/mol. The normalized spacial score (nSPS) is 13.8. The van der Waals surface area contributed by atoms with Crippen molar-refractivity contribution in [3.63, 3.8) is 0 Å². The van der Waals surface area contributed by atoms with Crippen molar-refractivity contribution in [1.29, 1.82) is 0 Å². The smallest absolute Gasteiger partial charge is 0.405 e. The number of alkyl halides is 3. The summed E-state index contributed by atoms with van der Waals surface area (Å²) >= 11 is 0. The van der Waals surface area contributed by atoms with Crippen LogP contribution in [0.15, 0.2) is 24.3 Å². The zero-order chi connectivity index (χ0) is 17.6. The first-order valence-corrected chi connectivity index (χ1v) is 6.39. The summed E-state index contributed by atoms with van der Waals surface area (Å²) in [6.07, 6.45) is -6.76. The van der Waals surface area contributed by atoms with Gasteiger partial charge < -0.3 is 15.2 Å². The number of hydrogen-bond acceptors (Lipinski definition) is 5. The summed E-state index contributed by atoms with van der Waals surface area (Å²) in [5.41, 5.74) is 1.21. The molecule has 1 rings (SSSR count). The zero-order valence-electron chi connectivity index (χ0n) is 11.9. The molecular formula is C13H15F3N2O5. The van der Waals surface area contributed by atoms with E-state index in [4.69, 9.17) is 5.21 Å². The number of para-hydroxylation sites is 1. The maximum absolute atomic E-state index is 12.3. The van der Waals surface area contributed by atoms with Crippen LogP contribution < -0.4 is 15.5 Å². The summed E-state index contributed by atoms with van der Waals surface area (Å²) < 4.78 is 40.7. The van der Waals surface area contributed by atoms with Crippen LogP contribution in [0.4, 0.5) is 13.2 Å². The summed E-state index contributed by atoms with van der Waals surface area (Å²) in [5.74, 6) is -2.44. The third-order valence-electron chi connectivity index (χ3n) is 2.74. The average molecular weight is 336 g/mol. The highest BCUT2D eigenvalue weighted by atomic mass is 19.4. The fraction of sp³-hybridized carbons (Fsp3) is 0.385. The molecule has 0 aromatic heterocycles. The van der Waals surface area contributed by atoms with Crippen LogP contribution in [-0.2, 0) is 16.0 Å². The van der Waals surface area contributed by atoms with Crippen LogP contribution >= 0.6 is 0 Å². The number of aliphatic hydroxyl groups is 1. The topological polar surface area (TPSA) is 108 Å². The van der Waals surface area contributed by atoms with Crippen molar-refractivity contribution in [2.75, 3.05) is 0 Å². The third kappa shape index (κ3) is 6.12. The van der Waals surface area contributed by atoms with Gasteiger partial charge in [-0.1, -0.05) is 18.2 Å². The Hall–Kier alpha value is -2.33. The van der Waals surface area contributed by atoms with E-state index < -0.39 is 42.5 Å². The van der Waals surface area contributed by atoms with Gasteiger partial charge in [0, 0.05) is 5.56 Å². The Bertz CT molecular complexity index is 563. The molecule has 0 unspecified atom stereocenters. The van der Waals surface area contributed by atoms with Crippen LogP contribution in [0, 0.1) is 0 Å². The minimum absolute atomic E-state index is 0.0592. The van der Waals surface area contributed by atoms with Crippen molar-refractivity contribution in [3.8, 4) is 5.75 Å². The molecule has 2 amide bonds. The molecule has 1 aromatic rings. The van der Waals surface area contributed by atoms with E-state index in [1.54, 1.807) is 0 Å². The van der Waals surface area contributed by atoms with Gasteiger partial charge >= 0.3 is 6.36 Å². The Morgan fingerprint density at radius 1 is 1.30 bits per heavy atom. The lowest BCUT2D eigenvalue weighted by Crippen LogP contribution is -2.52. The predicted octanol–water partition coefficient (Wildman–Crippen LogP) is 0.499. The van der Waals surface area contributed by atoms with Crippen molar-refractivity contribution in [2.45, 2.75) is 31.9 Å². The second-order valence-corrected chi connectivity index (χ2v) is 4.59. The Balaban J connectivity index is 2.83. The Morgan fingerprint density at radius 2 is 1.91 bits per heavy atom. The third-order valence-corrected chi connectivity index (χ3v) is 2.74. The van der Waals surface area contributed by atoms with Gasteiger partial charge in [0.2, 0.25) is 5.91 Å². The molecule has 128 valence electrons. The molecule has 0 aliphatic carbocycles. The number of hydroxylamine groups is 1. The van der Waals surface area contributed by atoms with Gasteiger partial charge in [0.05, 0.1) is 12.5 Å². The summed E-state index contributed by atoms with van der Waals surface area (Å²) in [6, 6.07) is 3.56. The number of rotatable bonds is 6. The molecule has 10 heteroatoms.